The molecule has 0 saturated heterocycles. The van der Waals surface area contributed by atoms with Gasteiger partial charge in [0.2, 0.25) is 10.0 Å². The summed E-state index contributed by atoms with van der Waals surface area (Å²) in [5.74, 6) is -1.59. The molecule has 1 aliphatic carbocycles. The third kappa shape index (κ3) is 4.42. The van der Waals surface area contributed by atoms with Gasteiger partial charge in [-0.15, -0.1) is 0 Å². The monoisotopic (exact) mass is 383 g/mol. The van der Waals surface area contributed by atoms with Gasteiger partial charge in [-0.05, 0) is 50.3 Å². The molecule has 0 heterocycles. The van der Waals surface area contributed by atoms with Gasteiger partial charge in [-0.3, -0.25) is 4.79 Å². The third-order valence-electron chi connectivity index (χ3n) is 4.77. The van der Waals surface area contributed by atoms with Crippen molar-refractivity contribution in [2.24, 2.45) is 5.92 Å². The molecule has 1 fully saturated rings. The summed E-state index contributed by atoms with van der Waals surface area (Å²) >= 11 is 0. The minimum Gasteiger partial charge on any atom is -0.478 e. The molecule has 1 aliphatic rings. The number of rotatable bonds is 7. The van der Waals surface area contributed by atoms with Gasteiger partial charge in [0.15, 0.2) is 0 Å². The van der Waals surface area contributed by atoms with Gasteiger partial charge in [0.25, 0.3) is 0 Å². The molecule has 0 radical (unpaired) electrons. The molecule has 1 saturated carbocycles. The lowest BCUT2D eigenvalue weighted by Crippen LogP contribution is -2.43. The first-order valence-corrected chi connectivity index (χ1v) is 10.2. The second-order valence-electron chi connectivity index (χ2n) is 6.48. The Kier molecular flexibility index (Phi) is 6.77. The van der Waals surface area contributed by atoms with Crippen LogP contribution in [0.2, 0.25) is 0 Å². The fraction of sp³-hybridized carbons (Fsp3) is 0.556. The van der Waals surface area contributed by atoms with Crippen LogP contribution < -0.4 is 0 Å². The molecule has 0 aromatic heterocycles. The number of aromatic carboxylic acids is 1. The van der Waals surface area contributed by atoms with Crippen molar-refractivity contribution in [1.82, 2.24) is 4.31 Å². The van der Waals surface area contributed by atoms with Crippen molar-refractivity contribution in [3.05, 3.63) is 29.8 Å². The SMILES string of the molecule is CCCN([C@H]1CC[C@H](C(=O)OC)CC1)S(=O)(=O)c1cccc(C(=O)O)c1. The van der Waals surface area contributed by atoms with Crippen molar-refractivity contribution in [2.45, 2.75) is 50.0 Å². The molecule has 2 rings (SSSR count). The zero-order chi connectivity index (χ0) is 19.3. The summed E-state index contributed by atoms with van der Waals surface area (Å²) in [4.78, 5) is 22.8. The largest absolute Gasteiger partial charge is 0.478 e. The number of hydrogen-bond acceptors (Lipinski definition) is 5. The second-order valence-corrected chi connectivity index (χ2v) is 8.37. The molecule has 1 aromatic carbocycles. The lowest BCUT2D eigenvalue weighted by molar-refractivity contribution is -0.146. The van der Waals surface area contributed by atoms with E-state index in [1.54, 1.807) is 0 Å². The number of ether oxygens (including phenoxy) is 1. The Labute approximate surface area is 154 Å². The number of esters is 1. The molecule has 26 heavy (non-hydrogen) atoms. The number of hydrogen-bond donors (Lipinski definition) is 1. The van der Waals surface area contributed by atoms with Crippen molar-refractivity contribution >= 4 is 22.0 Å². The standard InChI is InChI=1S/C18H25NO6S/c1-3-11-19(15-9-7-13(8-10-15)18(22)25-2)26(23,24)16-6-4-5-14(12-16)17(20)21/h4-6,12-13,15H,3,7-11H2,1-2H3,(H,20,21)/t13-,15-. The zero-order valence-electron chi connectivity index (χ0n) is 15.1. The Morgan fingerprint density at radius 1 is 1.23 bits per heavy atom. The van der Waals surface area contributed by atoms with Crippen molar-refractivity contribution in [3.8, 4) is 0 Å². The zero-order valence-corrected chi connectivity index (χ0v) is 15.9. The van der Waals surface area contributed by atoms with Crippen LogP contribution in [0.5, 0.6) is 0 Å². The van der Waals surface area contributed by atoms with Crippen LogP contribution in [-0.2, 0) is 19.6 Å². The van der Waals surface area contributed by atoms with Gasteiger partial charge in [-0.2, -0.15) is 4.31 Å². The van der Waals surface area contributed by atoms with Crippen molar-refractivity contribution in [1.29, 1.82) is 0 Å². The summed E-state index contributed by atoms with van der Waals surface area (Å²) in [6, 6.07) is 5.22. The number of carboxylic acid groups (broad SMARTS) is 1. The molecule has 8 heteroatoms. The highest BCUT2D eigenvalue weighted by Crippen LogP contribution is 2.32. The average molecular weight is 383 g/mol. The van der Waals surface area contributed by atoms with Crippen LogP contribution >= 0.6 is 0 Å². The maximum absolute atomic E-state index is 13.1. The number of sulfonamides is 1. The van der Waals surface area contributed by atoms with E-state index < -0.39 is 16.0 Å². The Hall–Kier alpha value is -1.93. The highest BCUT2D eigenvalue weighted by atomic mass is 32.2. The van der Waals surface area contributed by atoms with Crippen molar-refractivity contribution in [3.63, 3.8) is 0 Å². The van der Waals surface area contributed by atoms with Gasteiger partial charge in [0.1, 0.15) is 0 Å². The molecule has 0 bridgehead atoms. The minimum absolute atomic E-state index is 0.0130. The molecule has 0 amide bonds. The van der Waals surface area contributed by atoms with E-state index in [0.717, 1.165) is 0 Å². The lowest BCUT2D eigenvalue weighted by atomic mass is 9.86. The number of carbonyl (C=O) groups is 2. The number of nitrogens with zero attached hydrogens (tertiary/aromatic N) is 1. The molecule has 0 spiro atoms. The molecule has 144 valence electrons. The summed E-state index contributed by atoms with van der Waals surface area (Å²) in [6.45, 7) is 2.25. The Bertz CT molecular complexity index is 753. The van der Waals surface area contributed by atoms with Crippen LogP contribution in [-0.4, -0.2) is 49.5 Å². The topological polar surface area (TPSA) is 101 Å². The average Bonchev–Trinajstić information content (AvgIpc) is 2.65. The summed E-state index contributed by atoms with van der Waals surface area (Å²) in [5.41, 5.74) is -0.0584. The molecule has 0 atom stereocenters. The first kappa shape index (κ1) is 20.4. The Balaban J connectivity index is 2.24. The lowest BCUT2D eigenvalue weighted by Gasteiger charge is -2.35. The molecule has 7 nitrogen and oxygen atoms in total. The summed E-state index contributed by atoms with van der Waals surface area (Å²) in [5, 5.41) is 9.12. The van der Waals surface area contributed by atoms with E-state index in [4.69, 9.17) is 9.84 Å². The number of benzene rings is 1. The van der Waals surface area contributed by atoms with Gasteiger partial charge in [0, 0.05) is 12.6 Å². The summed E-state index contributed by atoms with van der Waals surface area (Å²) in [6.07, 6.45) is 2.98. The third-order valence-corrected chi connectivity index (χ3v) is 6.72. The highest BCUT2D eigenvalue weighted by Gasteiger charge is 2.35. The summed E-state index contributed by atoms with van der Waals surface area (Å²) in [7, 11) is -2.45. The fourth-order valence-electron chi connectivity index (χ4n) is 3.41. The quantitative estimate of drug-likeness (QED) is 0.726. The van der Waals surface area contributed by atoms with E-state index >= 15 is 0 Å². The van der Waals surface area contributed by atoms with Crippen LogP contribution in [0.1, 0.15) is 49.4 Å². The van der Waals surface area contributed by atoms with E-state index in [2.05, 4.69) is 0 Å². The van der Waals surface area contributed by atoms with Crippen molar-refractivity contribution in [2.75, 3.05) is 13.7 Å². The Morgan fingerprint density at radius 2 is 1.88 bits per heavy atom. The molecular formula is C18H25NO6S. The van der Waals surface area contributed by atoms with Crippen LogP contribution in [0.4, 0.5) is 0 Å². The van der Waals surface area contributed by atoms with E-state index in [1.165, 1.54) is 35.7 Å². The maximum Gasteiger partial charge on any atom is 0.335 e. The first-order chi connectivity index (χ1) is 12.3. The summed E-state index contributed by atoms with van der Waals surface area (Å²) < 4.78 is 32.5. The van der Waals surface area contributed by atoms with E-state index in [9.17, 15) is 18.0 Å². The van der Waals surface area contributed by atoms with Gasteiger partial charge in [-0.25, -0.2) is 13.2 Å². The first-order valence-electron chi connectivity index (χ1n) is 8.74. The van der Waals surface area contributed by atoms with E-state index in [0.29, 0.717) is 38.6 Å². The predicted molar refractivity (Wildman–Crippen MR) is 95.3 cm³/mol. The molecule has 0 unspecified atom stereocenters. The van der Waals surface area contributed by atoms with Crippen LogP contribution in [0.25, 0.3) is 0 Å². The predicted octanol–water partition coefficient (Wildman–Crippen LogP) is 2.52. The second kappa shape index (κ2) is 8.64. The maximum atomic E-state index is 13.1. The van der Waals surface area contributed by atoms with Gasteiger partial charge >= 0.3 is 11.9 Å². The Morgan fingerprint density at radius 3 is 2.42 bits per heavy atom. The fourth-order valence-corrected chi connectivity index (χ4v) is 5.23. The van der Waals surface area contributed by atoms with Crippen LogP contribution in [0, 0.1) is 5.92 Å². The normalized spacial score (nSPS) is 20.7. The molecule has 0 aliphatic heterocycles. The van der Waals surface area contributed by atoms with Gasteiger partial charge in [-0.1, -0.05) is 13.0 Å². The van der Waals surface area contributed by atoms with Crippen LogP contribution in [0.15, 0.2) is 29.2 Å². The number of carbonyl (C=O) groups excluding carboxylic acids is 1. The van der Waals surface area contributed by atoms with Gasteiger partial charge < -0.3 is 9.84 Å². The number of methoxy groups -OCH3 is 1. The van der Waals surface area contributed by atoms with E-state index in [-0.39, 0.29) is 28.4 Å². The molecule has 1 aromatic rings. The minimum atomic E-state index is -3.81. The highest BCUT2D eigenvalue weighted by molar-refractivity contribution is 7.89. The smallest absolute Gasteiger partial charge is 0.335 e. The molecule has 1 N–H and O–H groups in total. The number of carboxylic acids is 1. The van der Waals surface area contributed by atoms with Gasteiger partial charge in [0.05, 0.1) is 23.5 Å². The van der Waals surface area contributed by atoms with E-state index in [1.807, 2.05) is 6.92 Å². The van der Waals surface area contributed by atoms with Crippen molar-refractivity contribution < 1.29 is 27.9 Å². The molecular weight excluding hydrogens is 358 g/mol. The van der Waals surface area contributed by atoms with Crippen LogP contribution in [0.3, 0.4) is 0 Å².